The number of hydrogen-bond acceptors (Lipinski definition) is 2. The molecule has 0 aromatic heterocycles. The molecule has 1 unspecified atom stereocenters. The van der Waals surface area contributed by atoms with Crippen molar-refractivity contribution in [1.29, 1.82) is 0 Å². The van der Waals surface area contributed by atoms with Gasteiger partial charge in [-0.15, -0.1) is 0 Å². The number of rotatable bonds is 2. The Morgan fingerprint density at radius 3 is 2.75 bits per heavy atom. The van der Waals surface area contributed by atoms with E-state index in [0.29, 0.717) is 0 Å². The third-order valence-corrected chi connectivity index (χ3v) is 3.84. The van der Waals surface area contributed by atoms with Crippen LogP contribution in [0.2, 0.25) is 0 Å². The minimum atomic E-state index is -0.0808. The predicted molar refractivity (Wildman–Crippen MR) is 72.0 cm³/mol. The molecule has 1 atom stereocenters. The van der Waals surface area contributed by atoms with Gasteiger partial charge in [-0.1, -0.05) is 37.9 Å². The van der Waals surface area contributed by atoms with E-state index in [-0.39, 0.29) is 6.04 Å². The maximum Gasteiger partial charge on any atom is 0.0876 e. The summed E-state index contributed by atoms with van der Waals surface area (Å²) in [4.78, 5) is 0. The Labute approximate surface area is 112 Å². The molecule has 2 rings (SSSR count). The Kier molecular flexibility index (Phi) is 4.05. The van der Waals surface area contributed by atoms with E-state index in [9.17, 15) is 0 Å². The fourth-order valence-electron chi connectivity index (χ4n) is 1.77. The third kappa shape index (κ3) is 2.67. The van der Waals surface area contributed by atoms with Crippen molar-refractivity contribution in [3.8, 4) is 0 Å². The molecule has 0 bridgehead atoms. The van der Waals surface area contributed by atoms with E-state index < -0.39 is 0 Å². The van der Waals surface area contributed by atoms with Gasteiger partial charge in [-0.25, -0.2) is 0 Å². The molecule has 0 fully saturated rings. The topological polar surface area (TPSA) is 35.2 Å². The number of benzene rings is 1. The zero-order valence-corrected chi connectivity index (χ0v) is 11.9. The molecule has 0 radical (unpaired) electrons. The zero-order valence-electron chi connectivity index (χ0n) is 8.75. The van der Waals surface area contributed by atoms with Crippen molar-refractivity contribution in [2.45, 2.75) is 18.9 Å². The molecule has 0 amide bonds. The highest BCUT2D eigenvalue weighted by Gasteiger charge is 2.17. The van der Waals surface area contributed by atoms with E-state index in [1.807, 2.05) is 24.5 Å². The van der Waals surface area contributed by atoms with Crippen molar-refractivity contribution in [2.24, 2.45) is 5.73 Å². The van der Waals surface area contributed by atoms with Crippen LogP contribution in [0.15, 0.2) is 39.0 Å². The Hall–Kier alpha value is -0.320. The summed E-state index contributed by atoms with van der Waals surface area (Å²) in [6, 6.07) is 5.97. The van der Waals surface area contributed by atoms with Crippen LogP contribution in [0.3, 0.4) is 0 Å². The second-order valence-corrected chi connectivity index (χ2v) is 5.58. The molecule has 1 heterocycles. The van der Waals surface area contributed by atoms with Gasteiger partial charge in [-0.2, -0.15) is 0 Å². The van der Waals surface area contributed by atoms with Crippen LogP contribution in [0.1, 0.15) is 24.4 Å². The van der Waals surface area contributed by atoms with Gasteiger partial charge in [-0.3, -0.25) is 0 Å². The van der Waals surface area contributed by atoms with Gasteiger partial charge in [0.05, 0.1) is 18.9 Å². The molecular weight excluding hydrogens is 334 g/mol. The van der Waals surface area contributed by atoms with E-state index in [1.54, 1.807) is 0 Å². The molecule has 2 N–H and O–H groups in total. The number of hydrogen-bond donors (Lipinski definition) is 1. The van der Waals surface area contributed by atoms with Crippen LogP contribution in [-0.4, -0.2) is 6.61 Å². The summed E-state index contributed by atoms with van der Waals surface area (Å²) in [5.41, 5.74) is 8.49. The lowest BCUT2D eigenvalue weighted by Gasteiger charge is -2.21. The highest BCUT2D eigenvalue weighted by Crippen LogP contribution is 2.31. The van der Waals surface area contributed by atoms with Crippen LogP contribution in [0.4, 0.5) is 0 Å². The maximum absolute atomic E-state index is 6.23. The molecule has 2 nitrogen and oxygen atoms in total. The third-order valence-electron chi connectivity index (χ3n) is 2.66. The van der Waals surface area contributed by atoms with Gasteiger partial charge in [0, 0.05) is 8.95 Å². The van der Waals surface area contributed by atoms with Gasteiger partial charge in [0.2, 0.25) is 0 Å². The Bertz CT molecular complexity index is 417. The largest absolute Gasteiger partial charge is 0.501 e. The van der Waals surface area contributed by atoms with Crippen molar-refractivity contribution in [3.05, 3.63) is 44.5 Å². The Balaban J connectivity index is 2.26. The predicted octanol–water partition coefficient (Wildman–Crippen LogP) is 3.91. The summed E-state index contributed by atoms with van der Waals surface area (Å²) in [5, 5.41) is 0. The van der Waals surface area contributed by atoms with E-state index in [1.165, 1.54) is 0 Å². The molecule has 1 aromatic rings. The summed E-state index contributed by atoms with van der Waals surface area (Å²) >= 11 is 6.97. The average molecular weight is 347 g/mol. The fraction of sp³-hybridized carbons (Fsp3) is 0.333. The second kappa shape index (κ2) is 5.34. The summed E-state index contributed by atoms with van der Waals surface area (Å²) in [6.45, 7) is 0.803. The van der Waals surface area contributed by atoms with Crippen LogP contribution in [-0.2, 0) is 4.74 Å². The van der Waals surface area contributed by atoms with Gasteiger partial charge < -0.3 is 10.5 Å². The molecule has 1 aromatic carbocycles. The van der Waals surface area contributed by atoms with Gasteiger partial charge in [0.25, 0.3) is 0 Å². The molecule has 4 heteroatoms. The van der Waals surface area contributed by atoms with Crippen LogP contribution >= 0.6 is 31.9 Å². The highest BCUT2D eigenvalue weighted by molar-refractivity contribution is 9.11. The number of halogens is 2. The zero-order chi connectivity index (χ0) is 11.5. The molecule has 0 aliphatic carbocycles. The standard InChI is InChI=1S/C12H13Br2NO/c13-9-3-4-10(11(14)6-9)12(15)8-2-1-5-16-7-8/h3-4,6-7,12H,1-2,5,15H2. The molecule has 86 valence electrons. The second-order valence-electron chi connectivity index (χ2n) is 3.81. The van der Waals surface area contributed by atoms with Gasteiger partial charge in [0.15, 0.2) is 0 Å². The summed E-state index contributed by atoms with van der Waals surface area (Å²) < 4.78 is 7.40. The maximum atomic E-state index is 6.23. The van der Waals surface area contributed by atoms with Crippen LogP contribution < -0.4 is 5.73 Å². The first-order valence-electron chi connectivity index (χ1n) is 5.19. The smallest absolute Gasteiger partial charge is 0.0876 e. The molecule has 1 aliphatic heterocycles. The quantitative estimate of drug-likeness (QED) is 0.881. The molecule has 16 heavy (non-hydrogen) atoms. The lowest BCUT2D eigenvalue weighted by atomic mass is 9.96. The van der Waals surface area contributed by atoms with Crippen molar-refractivity contribution >= 4 is 31.9 Å². The molecule has 0 saturated heterocycles. The average Bonchev–Trinajstić information content (AvgIpc) is 2.29. The van der Waals surface area contributed by atoms with Crippen LogP contribution in [0.5, 0.6) is 0 Å². The van der Waals surface area contributed by atoms with Gasteiger partial charge >= 0.3 is 0 Å². The highest BCUT2D eigenvalue weighted by atomic mass is 79.9. The lowest BCUT2D eigenvalue weighted by molar-refractivity contribution is 0.221. The first kappa shape index (κ1) is 12.1. The lowest BCUT2D eigenvalue weighted by Crippen LogP contribution is -2.16. The van der Waals surface area contributed by atoms with E-state index in [2.05, 4.69) is 31.9 Å². The Morgan fingerprint density at radius 1 is 1.31 bits per heavy atom. The van der Waals surface area contributed by atoms with Crippen molar-refractivity contribution in [1.82, 2.24) is 0 Å². The molecule has 0 saturated carbocycles. The van der Waals surface area contributed by atoms with E-state index in [0.717, 1.165) is 39.5 Å². The SMILES string of the molecule is NC(C1=COCCC1)c1ccc(Br)cc1Br. The van der Waals surface area contributed by atoms with E-state index in [4.69, 9.17) is 10.5 Å². The van der Waals surface area contributed by atoms with Crippen LogP contribution in [0.25, 0.3) is 0 Å². The number of nitrogens with two attached hydrogens (primary N) is 1. The minimum absolute atomic E-state index is 0.0808. The van der Waals surface area contributed by atoms with Crippen molar-refractivity contribution in [3.63, 3.8) is 0 Å². The molecule has 1 aliphatic rings. The normalized spacial score (nSPS) is 17.6. The summed E-state index contributed by atoms with van der Waals surface area (Å²) in [7, 11) is 0. The minimum Gasteiger partial charge on any atom is -0.501 e. The summed E-state index contributed by atoms with van der Waals surface area (Å²) in [6.07, 6.45) is 3.88. The van der Waals surface area contributed by atoms with Gasteiger partial charge in [0.1, 0.15) is 0 Å². The first-order chi connectivity index (χ1) is 7.68. The summed E-state index contributed by atoms with van der Waals surface area (Å²) in [5.74, 6) is 0. The van der Waals surface area contributed by atoms with Crippen molar-refractivity contribution < 1.29 is 4.74 Å². The number of ether oxygens (including phenoxy) is 1. The van der Waals surface area contributed by atoms with E-state index >= 15 is 0 Å². The Morgan fingerprint density at radius 2 is 2.12 bits per heavy atom. The van der Waals surface area contributed by atoms with Gasteiger partial charge in [-0.05, 0) is 36.1 Å². The fourth-order valence-corrected chi connectivity index (χ4v) is 3.06. The molecular formula is C12H13Br2NO. The van der Waals surface area contributed by atoms with Crippen LogP contribution in [0, 0.1) is 0 Å². The van der Waals surface area contributed by atoms with Crippen molar-refractivity contribution in [2.75, 3.05) is 6.61 Å². The first-order valence-corrected chi connectivity index (χ1v) is 6.78. The monoisotopic (exact) mass is 345 g/mol. The molecule has 0 spiro atoms.